The number of sulfonamides is 1. The van der Waals surface area contributed by atoms with E-state index in [-0.39, 0.29) is 16.7 Å². The average Bonchev–Trinajstić information content (AvgIpc) is 2.73. The average molecular weight is 318 g/mol. The number of aliphatic hydroxyl groups is 1. The summed E-state index contributed by atoms with van der Waals surface area (Å²) in [4.78, 5) is 3.99. The first-order chi connectivity index (χ1) is 9.27. The lowest BCUT2D eigenvalue weighted by Gasteiger charge is -2.21. The fourth-order valence-corrected chi connectivity index (χ4v) is 3.43. The van der Waals surface area contributed by atoms with Gasteiger partial charge in [0.2, 0.25) is 0 Å². The van der Waals surface area contributed by atoms with Crippen LogP contribution in [0.25, 0.3) is 5.65 Å². The molecule has 0 amide bonds. The maximum Gasteiger partial charge on any atom is 0.259 e. The molecule has 0 fully saturated rings. The van der Waals surface area contributed by atoms with Crippen LogP contribution >= 0.6 is 11.6 Å². The van der Waals surface area contributed by atoms with Crippen LogP contribution in [-0.2, 0) is 10.0 Å². The van der Waals surface area contributed by atoms with E-state index in [9.17, 15) is 13.5 Å². The molecule has 0 aromatic carbocycles. The molecule has 0 saturated heterocycles. The van der Waals surface area contributed by atoms with Crippen molar-refractivity contribution in [3.63, 3.8) is 0 Å². The first-order valence-electron chi connectivity index (χ1n) is 6.11. The smallest absolute Gasteiger partial charge is 0.259 e. The second-order valence-electron chi connectivity index (χ2n) is 4.81. The Balaban J connectivity index is 2.40. The number of nitrogens with one attached hydrogen (secondary N) is 1. The summed E-state index contributed by atoms with van der Waals surface area (Å²) in [7, 11) is -3.86. The lowest BCUT2D eigenvalue weighted by atomic mass is 10.1. The van der Waals surface area contributed by atoms with Gasteiger partial charge >= 0.3 is 0 Å². The molecule has 2 rings (SSSR count). The molecule has 0 bridgehead atoms. The predicted molar refractivity (Wildman–Crippen MR) is 76.3 cm³/mol. The molecule has 2 N–H and O–H groups in total. The molecule has 2 heterocycles. The molecule has 8 heteroatoms. The molecule has 20 heavy (non-hydrogen) atoms. The van der Waals surface area contributed by atoms with Gasteiger partial charge in [-0.1, -0.05) is 24.6 Å². The van der Waals surface area contributed by atoms with Crippen LogP contribution in [0.15, 0.2) is 29.4 Å². The second kappa shape index (κ2) is 5.33. The summed E-state index contributed by atoms with van der Waals surface area (Å²) in [6.07, 6.45) is 2.00. The first-order valence-corrected chi connectivity index (χ1v) is 7.97. The van der Waals surface area contributed by atoms with Crippen LogP contribution in [0, 0.1) is 0 Å². The monoisotopic (exact) mass is 317 g/mol. The summed E-state index contributed by atoms with van der Waals surface area (Å²) in [6, 6.07) is 5.09. The van der Waals surface area contributed by atoms with Crippen molar-refractivity contribution in [3.05, 3.63) is 29.5 Å². The van der Waals surface area contributed by atoms with E-state index >= 15 is 0 Å². The molecular formula is C12H16ClN3O3S. The quantitative estimate of drug-likeness (QED) is 0.873. The van der Waals surface area contributed by atoms with Gasteiger partial charge < -0.3 is 5.11 Å². The van der Waals surface area contributed by atoms with E-state index in [1.54, 1.807) is 38.2 Å². The summed E-state index contributed by atoms with van der Waals surface area (Å²) < 4.78 is 28.4. The Morgan fingerprint density at radius 2 is 2.20 bits per heavy atom. The highest BCUT2D eigenvalue weighted by Crippen LogP contribution is 2.22. The van der Waals surface area contributed by atoms with E-state index in [0.29, 0.717) is 12.1 Å². The van der Waals surface area contributed by atoms with Crippen LogP contribution in [0.5, 0.6) is 0 Å². The molecule has 2 aromatic rings. The van der Waals surface area contributed by atoms with Crippen molar-refractivity contribution >= 4 is 27.3 Å². The first kappa shape index (κ1) is 15.2. The van der Waals surface area contributed by atoms with Crippen LogP contribution in [0.4, 0.5) is 0 Å². The van der Waals surface area contributed by atoms with Gasteiger partial charge in [0.15, 0.2) is 10.2 Å². The number of pyridine rings is 1. The third kappa shape index (κ3) is 2.95. The van der Waals surface area contributed by atoms with Gasteiger partial charge in [0.05, 0.1) is 5.60 Å². The summed E-state index contributed by atoms with van der Waals surface area (Å²) in [5.74, 6) is 0. The molecule has 0 saturated carbocycles. The Kier molecular flexibility index (Phi) is 4.06. The van der Waals surface area contributed by atoms with Crippen LogP contribution in [0.1, 0.15) is 20.3 Å². The Labute approximate surface area is 122 Å². The van der Waals surface area contributed by atoms with Crippen molar-refractivity contribution in [2.45, 2.75) is 30.9 Å². The zero-order chi connectivity index (χ0) is 15.0. The van der Waals surface area contributed by atoms with Crippen molar-refractivity contribution in [2.24, 2.45) is 0 Å². The summed E-state index contributed by atoms with van der Waals surface area (Å²) in [6.45, 7) is 3.24. The van der Waals surface area contributed by atoms with E-state index in [4.69, 9.17) is 11.6 Å². The van der Waals surface area contributed by atoms with Crippen molar-refractivity contribution in [1.29, 1.82) is 0 Å². The van der Waals surface area contributed by atoms with Crippen molar-refractivity contribution in [1.82, 2.24) is 14.1 Å². The highest BCUT2D eigenvalue weighted by Gasteiger charge is 2.27. The number of rotatable bonds is 5. The Hall–Kier alpha value is -1.15. The standard InChI is InChI=1S/C12H16ClN3O3S/c1-3-12(2,17)8-14-20(18,19)11-10(13)15-9-6-4-5-7-16(9)11/h4-7,14,17H,3,8H2,1-2H3. The minimum absolute atomic E-state index is 0.0950. The fraction of sp³-hybridized carbons (Fsp3) is 0.417. The Bertz CT molecular complexity index is 725. The van der Waals surface area contributed by atoms with Gasteiger partial charge in [-0.15, -0.1) is 0 Å². The van der Waals surface area contributed by atoms with Crippen molar-refractivity contribution < 1.29 is 13.5 Å². The van der Waals surface area contributed by atoms with Crippen LogP contribution in [0.2, 0.25) is 5.15 Å². The van der Waals surface area contributed by atoms with E-state index in [1.807, 2.05) is 0 Å². The van der Waals surface area contributed by atoms with Gasteiger partial charge in [0, 0.05) is 12.7 Å². The van der Waals surface area contributed by atoms with E-state index in [2.05, 4.69) is 9.71 Å². The van der Waals surface area contributed by atoms with Crippen molar-refractivity contribution in [2.75, 3.05) is 6.54 Å². The lowest BCUT2D eigenvalue weighted by Crippen LogP contribution is -2.40. The lowest BCUT2D eigenvalue weighted by molar-refractivity contribution is 0.0613. The third-order valence-electron chi connectivity index (χ3n) is 3.11. The van der Waals surface area contributed by atoms with Gasteiger partial charge in [0.1, 0.15) is 5.65 Å². The second-order valence-corrected chi connectivity index (χ2v) is 6.85. The maximum absolute atomic E-state index is 12.3. The summed E-state index contributed by atoms with van der Waals surface area (Å²) in [5.41, 5.74) is -0.667. The van der Waals surface area contributed by atoms with Gasteiger partial charge in [-0.2, -0.15) is 0 Å². The molecule has 1 atom stereocenters. The van der Waals surface area contributed by atoms with Gasteiger partial charge in [-0.25, -0.2) is 18.1 Å². The molecule has 0 radical (unpaired) electrons. The molecule has 0 aliphatic carbocycles. The summed E-state index contributed by atoms with van der Waals surface area (Å²) >= 11 is 5.92. The number of nitrogens with zero attached hydrogens (tertiary/aromatic N) is 2. The van der Waals surface area contributed by atoms with E-state index < -0.39 is 15.6 Å². The number of hydrogen-bond acceptors (Lipinski definition) is 4. The number of halogens is 1. The van der Waals surface area contributed by atoms with E-state index in [1.165, 1.54) is 4.40 Å². The SMILES string of the molecule is CCC(C)(O)CNS(=O)(=O)c1c(Cl)nc2ccccn12. The highest BCUT2D eigenvalue weighted by atomic mass is 35.5. The maximum atomic E-state index is 12.3. The fourth-order valence-electron chi connectivity index (χ4n) is 1.63. The topological polar surface area (TPSA) is 83.7 Å². The molecule has 0 aliphatic rings. The van der Waals surface area contributed by atoms with Crippen LogP contribution < -0.4 is 4.72 Å². The Morgan fingerprint density at radius 3 is 2.85 bits per heavy atom. The Morgan fingerprint density at radius 1 is 1.50 bits per heavy atom. The molecule has 0 spiro atoms. The van der Waals surface area contributed by atoms with Crippen LogP contribution in [0.3, 0.4) is 0 Å². The predicted octanol–water partition coefficient (Wildman–Crippen LogP) is 1.43. The number of hydrogen-bond donors (Lipinski definition) is 2. The minimum Gasteiger partial charge on any atom is -0.389 e. The molecule has 0 aliphatic heterocycles. The molecule has 6 nitrogen and oxygen atoms in total. The highest BCUT2D eigenvalue weighted by molar-refractivity contribution is 7.89. The number of fused-ring (bicyclic) bond motifs is 1. The summed E-state index contributed by atoms with van der Waals surface area (Å²) in [5, 5.41) is 9.66. The molecule has 110 valence electrons. The van der Waals surface area contributed by atoms with E-state index in [0.717, 1.165) is 0 Å². The molecule has 1 unspecified atom stereocenters. The van der Waals surface area contributed by atoms with Gasteiger partial charge in [-0.3, -0.25) is 4.40 Å². The van der Waals surface area contributed by atoms with Crippen LogP contribution in [-0.4, -0.2) is 35.1 Å². The molecule has 2 aromatic heterocycles. The number of aromatic nitrogens is 2. The minimum atomic E-state index is -3.86. The van der Waals surface area contributed by atoms with Gasteiger partial charge in [0.25, 0.3) is 10.0 Å². The largest absolute Gasteiger partial charge is 0.389 e. The normalized spacial score (nSPS) is 15.4. The zero-order valence-electron chi connectivity index (χ0n) is 11.2. The molecular weight excluding hydrogens is 302 g/mol. The number of imidazole rings is 1. The zero-order valence-corrected chi connectivity index (χ0v) is 12.7. The van der Waals surface area contributed by atoms with Gasteiger partial charge in [-0.05, 0) is 25.5 Å². The third-order valence-corrected chi connectivity index (χ3v) is 4.90. The van der Waals surface area contributed by atoms with Crippen molar-refractivity contribution in [3.8, 4) is 0 Å².